The van der Waals surface area contributed by atoms with Crippen molar-refractivity contribution >= 4 is 11.6 Å². The van der Waals surface area contributed by atoms with Gasteiger partial charge in [0.1, 0.15) is 5.75 Å². The van der Waals surface area contributed by atoms with Gasteiger partial charge in [0.05, 0.1) is 6.54 Å². The van der Waals surface area contributed by atoms with Crippen LogP contribution in [0.15, 0.2) is 40.8 Å². The van der Waals surface area contributed by atoms with Gasteiger partial charge in [0.2, 0.25) is 11.8 Å². The second-order valence-corrected chi connectivity index (χ2v) is 8.57. The molecule has 1 aromatic heterocycles. The Morgan fingerprint density at radius 2 is 1.86 bits per heavy atom. The molecular weight excluding hydrogens is 386 g/mol. The predicted molar refractivity (Wildman–Crippen MR) is 114 cm³/mol. The largest absolute Gasteiger partial charge is 0.508 e. The van der Waals surface area contributed by atoms with E-state index in [9.17, 15) is 5.11 Å². The van der Waals surface area contributed by atoms with Crippen LogP contribution < -0.4 is 0 Å². The molecule has 5 nitrogen and oxygen atoms in total. The molecule has 1 aliphatic rings. The molecule has 0 saturated heterocycles. The van der Waals surface area contributed by atoms with Crippen LogP contribution in [0.25, 0.3) is 11.5 Å². The molecule has 152 valence electrons. The van der Waals surface area contributed by atoms with Gasteiger partial charge in [-0.2, -0.15) is 0 Å². The van der Waals surface area contributed by atoms with E-state index < -0.39 is 0 Å². The molecule has 0 atom stereocenters. The highest BCUT2D eigenvalue weighted by Gasteiger charge is 2.31. The van der Waals surface area contributed by atoms with Crippen LogP contribution in [0.2, 0.25) is 5.02 Å². The predicted octanol–water partition coefficient (Wildman–Crippen LogP) is 5.69. The molecule has 0 radical (unpaired) electrons. The van der Waals surface area contributed by atoms with Crippen LogP contribution in [0.3, 0.4) is 0 Å². The number of aromatic nitrogens is 2. The van der Waals surface area contributed by atoms with Crippen molar-refractivity contribution in [2.24, 2.45) is 0 Å². The molecule has 0 bridgehead atoms. The van der Waals surface area contributed by atoms with Crippen molar-refractivity contribution < 1.29 is 9.52 Å². The molecule has 0 spiro atoms. The summed E-state index contributed by atoms with van der Waals surface area (Å²) in [4.78, 5) is 2.31. The van der Waals surface area contributed by atoms with Gasteiger partial charge in [0.25, 0.3) is 0 Å². The smallest absolute Gasteiger partial charge is 0.247 e. The number of hydrogen-bond acceptors (Lipinski definition) is 5. The Hall–Kier alpha value is -2.37. The number of aromatic hydroxyl groups is 1. The summed E-state index contributed by atoms with van der Waals surface area (Å²) in [5, 5.41) is 19.6. The summed E-state index contributed by atoms with van der Waals surface area (Å²) in [6, 6.07) is 11.9. The fourth-order valence-electron chi connectivity index (χ4n) is 3.68. The maximum Gasteiger partial charge on any atom is 0.247 e. The number of benzene rings is 2. The average Bonchev–Trinajstić information content (AvgIpc) is 3.42. The molecule has 2 aromatic carbocycles. The zero-order chi connectivity index (χ0) is 20.5. The van der Waals surface area contributed by atoms with Crippen molar-refractivity contribution in [1.29, 1.82) is 0 Å². The third-order valence-corrected chi connectivity index (χ3v) is 5.67. The molecule has 0 aliphatic heterocycles. The summed E-state index contributed by atoms with van der Waals surface area (Å²) in [6.45, 7) is 7.63. The Kier molecular flexibility index (Phi) is 5.61. The minimum atomic E-state index is 0.352. The fourth-order valence-corrected chi connectivity index (χ4v) is 3.80. The lowest BCUT2D eigenvalue weighted by Gasteiger charge is -2.22. The lowest BCUT2D eigenvalue weighted by Crippen LogP contribution is -2.25. The Morgan fingerprint density at radius 1 is 1.14 bits per heavy atom. The summed E-state index contributed by atoms with van der Waals surface area (Å²) in [5.74, 6) is 1.84. The second-order valence-electron chi connectivity index (χ2n) is 8.14. The summed E-state index contributed by atoms with van der Waals surface area (Å²) in [5.41, 5.74) is 4.20. The Bertz CT molecular complexity index is 994. The number of nitrogens with zero attached hydrogens (tertiary/aromatic N) is 3. The zero-order valence-electron chi connectivity index (χ0n) is 17.0. The van der Waals surface area contributed by atoms with E-state index in [1.54, 1.807) is 0 Å². The highest BCUT2D eigenvalue weighted by atomic mass is 35.5. The first-order valence-corrected chi connectivity index (χ1v) is 10.4. The Balaban J connectivity index is 1.53. The molecule has 29 heavy (non-hydrogen) atoms. The number of phenolic OH excluding ortho intramolecular Hbond substituents is 1. The first-order chi connectivity index (χ1) is 13.9. The lowest BCUT2D eigenvalue weighted by molar-refractivity contribution is 0.218. The van der Waals surface area contributed by atoms with Gasteiger partial charge in [-0.3, -0.25) is 4.90 Å². The van der Waals surface area contributed by atoms with Crippen molar-refractivity contribution in [3.8, 4) is 17.2 Å². The number of aryl methyl sites for hydroxylation is 1. The van der Waals surface area contributed by atoms with E-state index in [0.29, 0.717) is 47.6 Å². The van der Waals surface area contributed by atoms with Gasteiger partial charge < -0.3 is 9.52 Å². The van der Waals surface area contributed by atoms with Crippen molar-refractivity contribution in [3.63, 3.8) is 0 Å². The van der Waals surface area contributed by atoms with Crippen LogP contribution in [0, 0.1) is 6.92 Å². The molecule has 1 fully saturated rings. The van der Waals surface area contributed by atoms with Crippen molar-refractivity contribution in [2.45, 2.75) is 58.7 Å². The molecule has 3 aromatic rings. The van der Waals surface area contributed by atoms with Crippen LogP contribution in [0.1, 0.15) is 55.2 Å². The number of halogens is 1. The van der Waals surface area contributed by atoms with E-state index in [1.165, 1.54) is 5.56 Å². The summed E-state index contributed by atoms with van der Waals surface area (Å²) in [7, 11) is 0. The van der Waals surface area contributed by atoms with Crippen molar-refractivity contribution in [2.75, 3.05) is 0 Å². The van der Waals surface area contributed by atoms with E-state index in [2.05, 4.69) is 35.0 Å². The summed E-state index contributed by atoms with van der Waals surface area (Å²) >= 11 is 5.95. The Labute approximate surface area is 176 Å². The maximum atomic E-state index is 10.5. The molecule has 1 aliphatic carbocycles. The van der Waals surface area contributed by atoms with Gasteiger partial charge in [-0.15, -0.1) is 10.2 Å². The van der Waals surface area contributed by atoms with E-state index >= 15 is 0 Å². The van der Waals surface area contributed by atoms with Gasteiger partial charge in [-0.1, -0.05) is 31.5 Å². The topological polar surface area (TPSA) is 62.4 Å². The van der Waals surface area contributed by atoms with Gasteiger partial charge in [-0.05, 0) is 67.1 Å². The second kappa shape index (κ2) is 8.17. The molecule has 6 heteroatoms. The van der Waals surface area contributed by atoms with E-state index in [-0.39, 0.29) is 0 Å². The zero-order valence-corrected chi connectivity index (χ0v) is 17.8. The van der Waals surface area contributed by atoms with Gasteiger partial charge >= 0.3 is 0 Å². The van der Waals surface area contributed by atoms with Gasteiger partial charge in [-0.25, -0.2) is 0 Å². The first kappa shape index (κ1) is 19.9. The van der Waals surface area contributed by atoms with E-state index in [1.807, 2.05) is 37.3 Å². The van der Waals surface area contributed by atoms with Crippen molar-refractivity contribution in [3.05, 3.63) is 64.0 Å². The van der Waals surface area contributed by atoms with Crippen LogP contribution >= 0.6 is 11.6 Å². The minimum Gasteiger partial charge on any atom is -0.508 e. The third-order valence-electron chi connectivity index (χ3n) is 5.42. The van der Waals surface area contributed by atoms with Crippen LogP contribution in [0.4, 0.5) is 0 Å². The molecule has 1 heterocycles. The number of hydrogen-bond donors (Lipinski definition) is 1. The van der Waals surface area contributed by atoms with Gasteiger partial charge in [0.15, 0.2) is 0 Å². The van der Waals surface area contributed by atoms with Crippen LogP contribution in [0.5, 0.6) is 5.75 Å². The highest BCUT2D eigenvalue weighted by molar-refractivity contribution is 6.30. The van der Waals surface area contributed by atoms with E-state index in [4.69, 9.17) is 16.0 Å². The Morgan fingerprint density at radius 3 is 2.52 bits per heavy atom. The van der Waals surface area contributed by atoms with Crippen molar-refractivity contribution in [1.82, 2.24) is 15.1 Å². The van der Waals surface area contributed by atoms with Crippen LogP contribution in [-0.2, 0) is 13.1 Å². The number of rotatable bonds is 7. The number of phenols is 1. The molecule has 1 N–H and O–H groups in total. The summed E-state index contributed by atoms with van der Waals surface area (Å²) in [6.07, 6.45) is 2.31. The quantitative estimate of drug-likeness (QED) is 0.540. The highest BCUT2D eigenvalue weighted by Crippen LogP contribution is 2.34. The molecule has 0 amide bonds. The SMILES string of the molecule is Cc1cc(O)c(CN(Cc2nnc(-c3ccc(Cl)cc3)o2)C2CC2)cc1C(C)C. The normalized spacial score (nSPS) is 14.1. The standard InChI is InChI=1S/C23H26ClN3O2/c1-14(2)20-11-17(21(28)10-15(20)3)12-27(19-8-9-19)13-22-25-26-23(29-22)16-4-6-18(24)7-5-16/h4-7,10-11,14,19,28H,8-9,12-13H2,1-3H3. The molecule has 4 rings (SSSR count). The first-order valence-electron chi connectivity index (χ1n) is 10.1. The molecule has 0 unspecified atom stereocenters. The minimum absolute atomic E-state index is 0.352. The van der Waals surface area contributed by atoms with Crippen LogP contribution in [-0.4, -0.2) is 26.2 Å². The van der Waals surface area contributed by atoms with Gasteiger partial charge in [0, 0.05) is 28.7 Å². The summed E-state index contributed by atoms with van der Waals surface area (Å²) < 4.78 is 5.90. The lowest BCUT2D eigenvalue weighted by atomic mass is 9.95. The molecule has 1 saturated carbocycles. The average molecular weight is 412 g/mol. The third kappa shape index (κ3) is 4.62. The molecular formula is C23H26ClN3O2. The maximum absolute atomic E-state index is 10.5. The fraction of sp³-hybridized carbons (Fsp3) is 0.391. The van der Waals surface area contributed by atoms with E-state index in [0.717, 1.165) is 29.5 Å². The monoisotopic (exact) mass is 411 g/mol.